The first-order valence-corrected chi connectivity index (χ1v) is 8.15. The number of nitrogens with one attached hydrogen (secondary N) is 1. The fraction of sp³-hybridized carbons (Fsp3) is 0.882. The third kappa shape index (κ3) is 7.20. The largest absolute Gasteiger partial charge is 0.317 e. The Hall–Kier alpha value is -0.300. The summed E-state index contributed by atoms with van der Waals surface area (Å²) in [6.45, 7) is 3.78. The van der Waals surface area contributed by atoms with Crippen molar-refractivity contribution in [1.82, 2.24) is 5.32 Å². The van der Waals surface area contributed by atoms with E-state index in [1.165, 1.54) is 77.0 Å². The Labute approximate surface area is 114 Å². The monoisotopic (exact) mass is 251 g/mol. The Morgan fingerprint density at radius 1 is 1.11 bits per heavy atom. The predicted octanol–water partition coefficient (Wildman–Crippen LogP) is 5.07. The van der Waals surface area contributed by atoms with Gasteiger partial charge in [0.05, 0.1) is 0 Å². The smallest absolute Gasteiger partial charge is 0.00667 e. The third-order valence-corrected chi connectivity index (χ3v) is 4.46. The fourth-order valence-corrected chi connectivity index (χ4v) is 3.24. The van der Waals surface area contributed by atoms with Crippen LogP contribution in [-0.2, 0) is 0 Å². The molecular formula is C17H33N. The lowest BCUT2D eigenvalue weighted by Crippen LogP contribution is -2.27. The molecule has 0 spiro atoms. The highest BCUT2D eigenvalue weighted by Gasteiger charge is 2.16. The predicted molar refractivity (Wildman–Crippen MR) is 81.9 cm³/mol. The number of rotatable bonds is 9. The van der Waals surface area contributed by atoms with Crippen LogP contribution in [0.5, 0.6) is 0 Å². The Morgan fingerprint density at radius 2 is 1.83 bits per heavy atom. The van der Waals surface area contributed by atoms with Crippen LogP contribution in [0.3, 0.4) is 0 Å². The van der Waals surface area contributed by atoms with Crippen LogP contribution in [0.1, 0.15) is 77.0 Å². The Kier molecular flexibility index (Phi) is 9.28. The molecule has 0 aromatic rings. The maximum Gasteiger partial charge on any atom is 0.00667 e. The van der Waals surface area contributed by atoms with E-state index in [0.717, 1.165) is 12.0 Å². The van der Waals surface area contributed by atoms with E-state index in [1.54, 1.807) is 0 Å². The standard InChI is InChI=1S/C17H33N/c1-3-4-5-6-11-14-17(18-2)15-16-12-9-7-8-10-13-16/h3,16-18H,1,4-15H2,2H3. The summed E-state index contributed by atoms with van der Waals surface area (Å²) in [7, 11) is 2.14. The molecule has 1 atom stereocenters. The van der Waals surface area contributed by atoms with E-state index in [9.17, 15) is 0 Å². The molecule has 1 N–H and O–H groups in total. The van der Waals surface area contributed by atoms with Gasteiger partial charge in [-0.25, -0.2) is 0 Å². The lowest BCUT2D eigenvalue weighted by molar-refractivity contribution is 0.345. The molecule has 0 saturated heterocycles. The van der Waals surface area contributed by atoms with Crippen molar-refractivity contribution < 1.29 is 0 Å². The summed E-state index contributed by atoms with van der Waals surface area (Å²) >= 11 is 0. The minimum absolute atomic E-state index is 0.761. The molecule has 18 heavy (non-hydrogen) atoms. The van der Waals surface area contributed by atoms with Crippen LogP contribution in [-0.4, -0.2) is 13.1 Å². The van der Waals surface area contributed by atoms with E-state index in [4.69, 9.17) is 0 Å². The summed E-state index contributed by atoms with van der Waals surface area (Å²) in [4.78, 5) is 0. The lowest BCUT2D eigenvalue weighted by atomic mass is 9.90. The van der Waals surface area contributed by atoms with Gasteiger partial charge < -0.3 is 5.32 Å². The zero-order chi connectivity index (χ0) is 13.1. The van der Waals surface area contributed by atoms with Gasteiger partial charge in [-0.15, -0.1) is 6.58 Å². The highest BCUT2D eigenvalue weighted by molar-refractivity contribution is 4.73. The molecule has 0 bridgehead atoms. The molecule has 0 amide bonds. The van der Waals surface area contributed by atoms with Crippen LogP contribution >= 0.6 is 0 Å². The first-order valence-electron chi connectivity index (χ1n) is 8.15. The van der Waals surface area contributed by atoms with Gasteiger partial charge in [0.15, 0.2) is 0 Å². The van der Waals surface area contributed by atoms with Crippen molar-refractivity contribution in [3.63, 3.8) is 0 Å². The zero-order valence-corrected chi connectivity index (χ0v) is 12.4. The number of hydrogen-bond donors (Lipinski definition) is 1. The van der Waals surface area contributed by atoms with Crippen LogP contribution in [0, 0.1) is 5.92 Å². The van der Waals surface area contributed by atoms with Gasteiger partial charge in [-0.05, 0) is 38.6 Å². The van der Waals surface area contributed by atoms with Crippen LogP contribution in [0.2, 0.25) is 0 Å². The van der Waals surface area contributed by atoms with E-state index < -0.39 is 0 Å². The number of allylic oxidation sites excluding steroid dienone is 1. The molecule has 0 aliphatic heterocycles. The van der Waals surface area contributed by atoms with Crippen LogP contribution in [0.25, 0.3) is 0 Å². The van der Waals surface area contributed by atoms with E-state index in [2.05, 4.69) is 18.9 Å². The van der Waals surface area contributed by atoms with E-state index in [-0.39, 0.29) is 0 Å². The lowest BCUT2D eigenvalue weighted by Gasteiger charge is -2.22. The number of hydrogen-bond acceptors (Lipinski definition) is 1. The van der Waals surface area contributed by atoms with E-state index in [0.29, 0.717) is 0 Å². The van der Waals surface area contributed by atoms with Gasteiger partial charge in [-0.1, -0.05) is 57.4 Å². The molecule has 1 rings (SSSR count). The van der Waals surface area contributed by atoms with E-state index in [1.807, 2.05) is 6.08 Å². The molecule has 0 heterocycles. The SMILES string of the molecule is C=CCCCCCC(CC1CCCCCC1)NC. The number of unbranched alkanes of at least 4 members (excludes halogenated alkanes) is 3. The van der Waals surface area contributed by atoms with Crippen LogP contribution < -0.4 is 5.32 Å². The van der Waals surface area contributed by atoms with Gasteiger partial charge in [-0.2, -0.15) is 0 Å². The van der Waals surface area contributed by atoms with Gasteiger partial charge in [0.25, 0.3) is 0 Å². The van der Waals surface area contributed by atoms with E-state index >= 15 is 0 Å². The second-order valence-corrected chi connectivity index (χ2v) is 6.01. The summed E-state index contributed by atoms with van der Waals surface area (Å²) in [5.41, 5.74) is 0. The van der Waals surface area contributed by atoms with Gasteiger partial charge in [0, 0.05) is 6.04 Å². The quantitative estimate of drug-likeness (QED) is 0.343. The minimum Gasteiger partial charge on any atom is -0.317 e. The van der Waals surface area contributed by atoms with Crippen molar-refractivity contribution in [2.75, 3.05) is 7.05 Å². The molecule has 1 heteroatoms. The fourth-order valence-electron chi connectivity index (χ4n) is 3.24. The zero-order valence-electron chi connectivity index (χ0n) is 12.4. The van der Waals surface area contributed by atoms with Gasteiger partial charge >= 0.3 is 0 Å². The third-order valence-electron chi connectivity index (χ3n) is 4.46. The van der Waals surface area contributed by atoms with Crippen LogP contribution in [0.15, 0.2) is 12.7 Å². The highest BCUT2D eigenvalue weighted by Crippen LogP contribution is 2.27. The molecule has 1 saturated carbocycles. The second-order valence-electron chi connectivity index (χ2n) is 6.01. The molecule has 1 nitrogen and oxygen atoms in total. The molecule has 0 aromatic heterocycles. The van der Waals surface area contributed by atoms with Gasteiger partial charge in [-0.3, -0.25) is 0 Å². The molecule has 1 fully saturated rings. The van der Waals surface area contributed by atoms with Crippen molar-refractivity contribution in [2.45, 2.75) is 83.1 Å². The molecular weight excluding hydrogens is 218 g/mol. The molecule has 0 radical (unpaired) electrons. The van der Waals surface area contributed by atoms with Crippen molar-refractivity contribution in [2.24, 2.45) is 5.92 Å². The Balaban J connectivity index is 2.13. The molecule has 106 valence electrons. The Morgan fingerprint density at radius 3 is 2.44 bits per heavy atom. The van der Waals surface area contributed by atoms with Crippen LogP contribution in [0.4, 0.5) is 0 Å². The maximum absolute atomic E-state index is 3.78. The first-order chi connectivity index (χ1) is 8.86. The van der Waals surface area contributed by atoms with Crippen molar-refractivity contribution in [3.05, 3.63) is 12.7 Å². The normalized spacial score (nSPS) is 19.4. The van der Waals surface area contributed by atoms with Crippen molar-refractivity contribution >= 4 is 0 Å². The van der Waals surface area contributed by atoms with Crippen molar-refractivity contribution in [1.29, 1.82) is 0 Å². The summed E-state index contributed by atoms with van der Waals surface area (Å²) < 4.78 is 0. The minimum atomic E-state index is 0.761. The topological polar surface area (TPSA) is 12.0 Å². The average molecular weight is 251 g/mol. The Bertz CT molecular complexity index is 192. The molecule has 0 aromatic carbocycles. The molecule has 1 aliphatic rings. The average Bonchev–Trinajstić information content (AvgIpc) is 2.65. The molecule has 1 aliphatic carbocycles. The summed E-state index contributed by atoms with van der Waals surface area (Å²) in [6, 6.07) is 0.761. The van der Waals surface area contributed by atoms with Gasteiger partial charge in [0.2, 0.25) is 0 Å². The summed E-state index contributed by atoms with van der Waals surface area (Å²) in [5, 5.41) is 3.54. The summed E-state index contributed by atoms with van der Waals surface area (Å²) in [5.74, 6) is 0.998. The van der Waals surface area contributed by atoms with Gasteiger partial charge in [0.1, 0.15) is 0 Å². The molecule has 1 unspecified atom stereocenters. The summed E-state index contributed by atoms with van der Waals surface area (Å²) in [6.07, 6.45) is 18.9. The highest BCUT2D eigenvalue weighted by atomic mass is 14.9. The first kappa shape index (κ1) is 15.8. The maximum atomic E-state index is 3.78. The van der Waals surface area contributed by atoms with Crippen molar-refractivity contribution in [3.8, 4) is 0 Å². The second kappa shape index (κ2) is 10.6.